The first-order chi connectivity index (χ1) is 12.3. The summed E-state index contributed by atoms with van der Waals surface area (Å²) < 4.78 is 0. The molecule has 1 aromatic carbocycles. The van der Waals surface area contributed by atoms with Crippen LogP contribution in [0.25, 0.3) is 0 Å². The summed E-state index contributed by atoms with van der Waals surface area (Å²) in [5, 5.41) is 25.0. The minimum atomic E-state index is -0.873. The number of aliphatic hydroxyl groups excluding tert-OH is 1. The third-order valence-corrected chi connectivity index (χ3v) is 5.12. The van der Waals surface area contributed by atoms with E-state index < -0.39 is 12.1 Å². The van der Waals surface area contributed by atoms with Crippen LogP contribution >= 0.6 is 0 Å². The van der Waals surface area contributed by atoms with Crippen LogP contribution in [0.4, 0.5) is 4.79 Å². The van der Waals surface area contributed by atoms with Crippen LogP contribution in [0.2, 0.25) is 0 Å². The number of aliphatic carboxylic acids is 1. The molecular formula is C20H30N2O4. The van der Waals surface area contributed by atoms with Gasteiger partial charge in [0.25, 0.3) is 0 Å². The molecule has 144 valence electrons. The predicted molar refractivity (Wildman–Crippen MR) is 99.9 cm³/mol. The fourth-order valence-corrected chi connectivity index (χ4v) is 3.36. The summed E-state index contributed by atoms with van der Waals surface area (Å²) in [5.74, 6) is -0.717. The zero-order chi connectivity index (χ0) is 19.2. The topological polar surface area (TPSA) is 98.7 Å². The van der Waals surface area contributed by atoms with E-state index in [1.165, 1.54) is 0 Å². The maximum absolute atomic E-state index is 12.3. The number of rotatable bonds is 10. The molecule has 1 aromatic rings. The molecule has 0 radical (unpaired) electrons. The summed E-state index contributed by atoms with van der Waals surface area (Å²) in [5.41, 5.74) is 0.846. The number of hydrogen-bond acceptors (Lipinski definition) is 3. The number of carboxylic acid groups (broad SMARTS) is 1. The Morgan fingerprint density at radius 1 is 1.19 bits per heavy atom. The molecule has 0 aliphatic heterocycles. The lowest BCUT2D eigenvalue weighted by Crippen LogP contribution is -2.47. The molecule has 1 aliphatic rings. The third kappa shape index (κ3) is 6.02. The molecule has 6 heteroatoms. The maximum Gasteiger partial charge on any atom is 0.315 e. The molecule has 0 spiro atoms. The molecule has 2 amide bonds. The summed E-state index contributed by atoms with van der Waals surface area (Å²) in [7, 11) is 0. The summed E-state index contributed by atoms with van der Waals surface area (Å²) in [4.78, 5) is 23.2. The Bertz CT molecular complexity index is 599. The standard InChI is InChI=1S/C20H30N2O4/c1-14(2)18(25)20(10-11-20)13-21-19(26)22-16(8-9-17(23)24)12-15-6-4-3-5-7-15/h3-7,14,16,18,25H,8-13H2,1-2H3,(H,23,24)(H2,21,22,26). The van der Waals surface area contributed by atoms with Crippen molar-refractivity contribution < 1.29 is 19.8 Å². The molecule has 4 N–H and O–H groups in total. The van der Waals surface area contributed by atoms with Gasteiger partial charge in [0.2, 0.25) is 0 Å². The van der Waals surface area contributed by atoms with Gasteiger partial charge >= 0.3 is 12.0 Å². The van der Waals surface area contributed by atoms with E-state index in [1.54, 1.807) is 0 Å². The normalized spacial score (nSPS) is 17.4. The van der Waals surface area contributed by atoms with Crippen LogP contribution in [0, 0.1) is 11.3 Å². The van der Waals surface area contributed by atoms with Crippen molar-refractivity contribution in [1.82, 2.24) is 10.6 Å². The molecule has 1 saturated carbocycles. The van der Waals surface area contributed by atoms with E-state index in [9.17, 15) is 14.7 Å². The molecule has 6 nitrogen and oxygen atoms in total. The molecule has 2 rings (SSSR count). The van der Waals surface area contributed by atoms with E-state index in [0.29, 0.717) is 19.4 Å². The van der Waals surface area contributed by atoms with Crippen molar-refractivity contribution in [1.29, 1.82) is 0 Å². The Labute approximate surface area is 155 Å². The highest BCUT2D eigenvalue weighted by Crippen LogP contribution is 2.50. The predicted octanol–water partition coefficient (Wildman–Crippen LogP) is 2.56. The largest absolute Gasteiger partial charge is 0.481 e. The van der Waals surface area contributed by atoms with Gasteiger partial charge in [-0.2, -0.15) is 0 Å². The number of benzene rings is 1. The van der Waals surface area contributed by atoms with Gasteiger partial charge in [0, 0.05) is 24.4 Å². The van der Waals surface area contributed by atoms with Gasteiger partial charge in [-0.25, -0.2) is 4.79 Å². The molecule has 2 atom stereocenters. The third-order valence-electron chi connectivity index (χ3n) is 5.12. The van der Waals surface area contributed by atoms with Gasteiger partial charge in [-0.15, -0.1) is 0 Å². The van der Waals surface area contributed by atoms with Crippen LogP contribution in [0.3, 0.4) is 0 Å². The molecule has 0 heterocycles. The average Bonchev–Trinajstić information content (AvgIpc) is 3.39. The van der Waals surface area contributed by atoms with Gasteiger partial charge in [-0.3, -0.25) is 4.79 Å². The molecular weight excluding hydrogens is 332 g/mol. The summed E-state index contributed by atoms with van der Waals surface area (Å²) >= 11 is 0. The smallest absolute Gasteiger partial charge is 0.315 e. The highest BCUT2D eigenvalue weighted by Gasteiger charge is 2.49. The van der Waals surface area contributed by atoms with Gasteiger partial charge in [0.05, 0.1) is 6.10 Å². The zero-order valence-corrected chi connectivity index (χ0v) is 15.6. The van der Waals surface area contributed by atoms with Crippen LogP contribution in [0.15, 0.2) is 30.3 Å². The van der Waals surface area contributed by atoms with Gasteiger partial charge in [-0.1, -0.05) is 44.2 Å². The second kappa shape index (κ2) is 9.03. The minimum absolute atomic E-state index is 0.00772. The number of carboxylic acids is 1. The van der Waals surface area contributed by atoms with Crippen molar-refractivity contribution in [3.05, 3.63) is 35.9 Å². The second-order valence-corrected chi connectivity index (χ2v) is 7.70. The summed E-state index contributed by atoms with van der Waals surface area (Å²) in [6.07, 6.45) is 2.37. The van der Waals surface area contributed by atoms with Crippen molar-refractivity contribution in [2.75, 3.05) is 6.54 Å². The number of nitrogens with one attached hydrogen (secondary N) is 2. The SMILES string of the molecule is CC(C)C(O)C1(CNC(=O)NC(CCC(=O)O)Cc2ccccc2)CC1. The monoisotopic (exact) mass is 362 g/mol. The first kappa shape index (κ1) is 20.2. The molecule has 0 saturated heterocycles. The number of carbonyl (C=O) groups excluding carboxylic acids is 1. The lowest BCUT2D eigenvalue weighted by atomic mass is 9.90. The van der Waals surface area contributed by atoms with Gasteiger partial charge in [0.1, 0.15) is 0 Å². The van der Waals surface area contributed by atoms with E-state index >= 15 is 0 Å². The Morgan fingerprint density at radius 3 is 2.38 bits per heavy atom. The fourth-order valence-electron chi connectivity index (χ4n) is 3.36. The molecule has 1 aliphatic carbocycles. The van der Waals surface area contributed by atoms with Crippen molar-refractivity contribution in [2.24, 2.45) is 11.3 Å². The van der Waals surface area contributed by atoms with Crippen molar-refractivity contribution >= 4 is 12.0 Å². The maximum atomic E-state index is 12.3. The van der Waals surface area contributed by atoms with Gasteiger partial charge < -0.3 is 20.8 Å². The van der Waals surface area contributed by atoms with E-state index in [0.717, 1.165) is 18.4 Å². The van der Waals surface area contributed by atoms with E-state index in [1.807, 2.05) is 44.2 Å². The van der Waals surface area contributed by atoms with Gasteiger partial charge in [-0.05, 0) is 37.2 Å². The second-order valence-electron chi connectivity index (χ2n) is 7.70. The van der Waals surface area contributed by atoms with Crippen LogP contribution in [-0.2, 0) is 11.2 Å². The minimum Gasteiger partial charge on any atom is -0.481 e. The first-order valence-electron chi connectivity index (χ1n) is 9.30. The highest BCUT2D eigenvalue weighted by atomic mass is 16.4. The Balaban J connectivity index is 1.88. The summed E-state index contributed by atoms with van der Waals surface area (Å²) in [6, 6.07) is 9.14. The van der Waals surface area contributed by atoms with Gasteiger partial charge in [0.15, 0.2) is 0 Å². The van der Waals surface area contributed by atoms with E-state index in [2.05, 4.69) is 10.6 Å². The van der Waals surface area contributed by atoms with Crippen LogP contribution in [0.1, 0.15) is 45.1 Å². The quantitative estimate of drug-likeness (QED) is 0.514. The zero-order valence-electron chi connectivity index (χ0n) is 15.6. The average molecular weight is 362 g/mol. The van der Waals surface area contributed by atoms with Crippen molar-refractivity contribution in [3.63, 3.8) is 0 Å². The molecule has 1 fully saturated rings. The summed E-state index contributed by atoms with van der Waals surface area (Å²) in [6.45, 7) is 4.40. The first-order valence-corrected chi connectivity index (χ1v) is 9.30. The molecule has 26 heavy (non-hydrogen) atoms. The number of carbonyl (C=O) groups is 2. The van der Waals surface area contributed by atoms with Crippen LogP contribution < -0.4 is 10.6 Å². The Hall–Kier alpha value is -2.08. The number of aliphatic hydroxyl groups is 1. The Morgan fingerprint density at radius 2 is 1.85 bits per heavy atom. The number of amides is 2. The van der Waals surface area contributed by atoms with E-state index in [4.69, 9.17) is 5.11 Å². The molecule has 2 unspecified atom stereocenters. The van der Waals surface area contributed by atoms with Crippen LogP contribution in [-0.4, -0.2) is 40.9 Å². The van der Waals surface area contributed by atoms with Crippen LogP contribution in [0.5, 0.6) is 0 Å². The van der Waals surface area contributed by atoms with E-state index in [-0.39, 0.29) is 29.8 Å². The number of urea groups is 1. The Kier molecular flexibility index (Phi) is 7.03. The number of hydrogen-bond donors (Lipinski definition) is 4. The fraction of sp³-hybridized carbons (Fsp3) is 0.600. The highest BCUT2D eigenvalue weighted by molar-refractivity contribution is 5.74. The lowest BCUT2D eigenvalue weighted by molar-refractivity contribution is -0.137. The molecule has 0 bridgehead atoms. The van der Waals surface area contributed by atoms with Crippen molar-refractivity contribution in [2.45, 2.75) is 58.1 Å². The molecule has 0 aromatic heterocycles. The van der Waals surface area contributed by atoms with Crippen molar-refractivity contribution in [3.8, 4) is 0 Å². The lowest BCUT2D eigenvalue weighted by Gasteiger charge is -2.26.